The molecule has 0 unspecified atom stereocenters. The maximum absolute atomic E-state index is 14.9. The van der Waals surface area contributed by atoms with E-state index in [1.165, 1.54) is 44.9 Å². The highest BCUT2D eigenvalue weighted by molar-refractivity contribution is 5.85. The molecule has 0 heterocycles. The van der Waals surface area contributed by atoms with Crippen LogP contribution in [0.5, 0.6) is 0 Å². The Kier molecular flexibility index (Phi) is 6.04. The first kappa shape index (κ1) is 19.9. The van der Waals surface area contributed by atoms with E-state index in [1.807, 2.05) is 25.1 Å². The summed E-state index contributed by atoms with van der Waals surface area (Å²) >= 11 is 0. The molecule has 2 saturated carbocycles. The number of fused-ring (bicyclic) bond motifs is 1. The minimum Gasteiger partial charge on any atom is -0.203 e. The molecule has 0 atom stereocenters. The lowest BCUT2D eigenvalue weighted by atomic mass is 9.68. The smallest absolute Gasteiger partial charge is 0.166 e. The summed E-state index contributed by atoms with van der Waals surface area (Å²) in [5, 5.41) is 1.27. The summed E-state index contributed by atoms with van der Waals surface area (Å²) in [6.45, 7) is 4.35. The average molecular weight is 385 g/mol. The maximum Gasteiger partial charge on any atom is 0.166 e. The minimum atomic E-state index is -0.650. The third-order valence-corrected chi connectivity index (χ3v) is 7.87. The minimum absolute atomic E-state index is 0.174. The highest BCUT2D eigenvalue weighted by Crippen LogP contribution is 2.45. The molecular weight excluding hydrogens is 350 g/mol. The number of hydrogen-bond acceptors (Lipinski definition) is 0. The van der Waals surface area contributed by atoms with Crippen molar-refractivity contribution < 1.29 is 8.78 Å². The summed E-state index contributed by atoms with van der Waals surface area (Å²) in [5.41, 5.74) is 1.67. The van der Waals surface area contributed by atoms with Gasteiger partial charge in [0.25, 0.3) is 0 Å². The predicted octanol–water partition coefficient (Wildman–Crippen LogP) is 8.17. The normalized spacial score (nSPS) is 28.6. The zero-order chi connectivity index (χ0) is 19.7. The van der Waals surface area contributed by atoms with Crippen molar-refractivity contribution in [1.29, 1.82) is 0 Å². The first-order valence-corrected chi connectivity index (χ1v) is 11.5. The van der Waals surface area contributed by atoms with Gasteiger partial charge in [-0.1, -0.05) is 45.2 Å². The van der Waals surface area contributed by atoms with E-state index in [-0.39, 0.29) is 5.92 Å². The first-order chi connectivity index (χ1) is 13.6. The van der Waals surface area contributed by atoms with Crippen molar-refractivity contribution in [2.45, 2.75) is 84.0 Å². The highest BCUT2D eigenvalue weighted by Gasteiger charge is 2.32. The van der Waals surface area contributed by atoms with Crippen molar-refractivity contribution in [2.75, 3.05) is 0 Å². The van der Waals surface area contributed by atoms with Crippen molar-refractivity contribution in [3.63, 3.8) is 0 Å². The molecule has 0 spiro atoms. The summed E-state index contributed by atoms with van der Waals surface area (Å²) in [7, 11) is 0. The van der Waals surface area contributed by atoms with Crippen molar-refractivity contribution in [1.82, 2.24) is 0 Å². The Hall–Kier alpha value is -1.44. The van der Waals surface area contributed by atoms with E-state index in [9.17, 15) is 8.78 Å². The second-order valence-corrected chi connectivity index (χ2v) is 9.30. The number of halogens is 2. The molecule has 2 aromatic carbocycles. The number of aryl methyl sites for hydroxylation is 1. The molecule has 0 aromatic heterocycles. The summed E-state index contributed by atoms with van der Waals surface area (Å²) in [5.74, 6) is 1.53. The van der Waals surface area contributed by atoms with Gasteiger partial charge in [0.1, 0.15) is 0 Å². The summed E-state index contributed by atoms with van der Waals surface area (Å²) < 4.78 is 29.7. The fraction of sp³-hybridized carbons (Fsp3) is 0.615. The van der Waals surface area contributed by atoms with Crippen LogP contribution in [0.4, 0.5) is 8.78 Å². The van der Waals surface area contributed by atoms with Crippen LogP contribution in [0.25, 0.3) is 10.8 Å². The van der Waals surface area contributed by atoms with Gasteiger partial charge in [0, 0.05) is 5.39 Å². The lowest BCUT2D eigenvalue weighted by Crippen LogP contribution is -2.25. The molecule has 0 N–H and O–H groups in total. The zero-order valence-electron chi connectivity index (χ0n) is 17.4. The van der Waals surface area contributed by atoms with Crippen LogP contribution in [0.15, 0.2) is 24.3 Å². The first-order valence-electron chi connectivity index (χ1n) is 11.5. The Morgan fingerprint density at radius 2 is 1.43 bits per heavy atom. The third kappa shape index (κ3) is 3.84. The largest absolute Gasteiger partial charge is 0.203 e. The molecule has 0 aliphatic heterocycles. The lowest BCUT2D eigenvalue weighted by molar-refractivity contribution is 0.158. The monoisotopic (exact) mass is 384 g/mol. The van der Waals surface area contributed by atoms with E-state index < -0.39 is 11.6 Å². The van der Waals surface area contributed by atoms with Crippen LogP contribution in [0, 0.1) is 29.4 Å². The Morgan fingerprint density at radius 3 is 2.04 bits per heavy atom. The second kappa shape index (κ2) is 8.51. The van der Waals surface area contributed by atoms with E-state index in [4.69, 9.17) is 0 Å². The van der Waals surface area contributed by atoms with Gasteiger partial charge < -0.3 is 0 Å². The number of hydrogen-bond donors (Lipinski definition) is 0. The van der Waals surface area contributed by atoms with Crippen LogP contribution in [0.3, 0.4) is 0 Å². The molecule has 2 aromatic rings. The van der Waals surface area contributed by atoms with Crippen LogP contribution in [0.1, 0.15) is 88.7 Å². The molecule has 0 bridgehead atoms. The van der Waals surface area contributed by atoms with Crippen LogP contribution >= 0.6 is 0 Å². The van der Waals surface area contributed by atoms with E-state index in [0.717, 1.165) is 48.0 Å². The molecular formula is C26H34F2. The molecule has 2 aliphatic rings. The van der Waals surface area contributed by atoms with E-state index in [0.29, 0.717) is 10.9 Å². The average Bonchev–Trinajstić information content (AvgIpc) is 2.76. The maximum atomic E-state index is 14.9. The fourth-order valence-electron chi connectivity index (χ4n) is 5.88. The molecule has 4 rings (SSSR count). The Balaban J connectivity index is 1.47. The van der Waals surface area contributed by atoms with Crippen LogP contribution in [-0.4, -0.2) is 0 Å². The van der Waals surface area contributed by atoms with Gasteiger partial charge in [0.05, 0.1) is 0 Å². The Bertz CT molecular complexity index is 809. The molecule has 152 valence electrons. The van der Waals surface area contributed by atoms with Crippen molar-refractivity contribution in [3.8, 4) is 0 Å². The number of rotatable bonds is 4. The van der Waals surface area contributed by atoms with Crippen molar-refractivity contribution in [3.05, 3.63) is 47.0 Å². The predicted molar refractivity (Wildman–Crippen MR) is 114 cm³/mol. The van der Waals surface area contributed by atoms with E-state index in [2.05, 4.69) is 6.92 Å². The molecule has 0 amide bonds. The van der Waals surface area contributed by atoms with E-state index in [1.54, 1.807) is 6.07 Å². The van der Waals surface area contributed by atoms with Gasteiger partial charge in [-0.05, 0) is 97.3 Å². The van der Waals surface area contributed by atoms with Crippen LogP contribution in [0.2, 0.25) is 0 Å². The third-order valence-electron chi connectivity index (χ3n) is 7.87. The van der Waals surface area contributed by atoms with Crippen molar-refractivity contribution >= 4 is 10.8 Å². The van der Waals surface area contributed by atoms with Gasteiger partial charge in [-0.15, -0.1) is 0 Å². The summed E-state index contributed by atoms with van der Waals surface area (Å²) in [6.07, 6.45) is 12.1. The highest BCUT2D eigenvalue weighted by atomic mass is 19.2. The van der Waals surface area contributed by atoms with Crippen molar-refractivity contribution in [2.24, 2.45) is 17.8 Å². The lowest BCUT2D eigenvalue weighted by Gasteiger charge is -2.38. The standard InChI is InChI=1S/C26H34F2/c1-3-17-5-8-19(9-6-17)20-11-13-21(14-12-20)24-16-22-10-7-18(4-2)15-23(22)25(27)26(24)28/h7,10,15-17,19-21H,3-6,8-9,11-14H2,1-2H3. The quantitative estimate of drug-likeness (QED) is 0.498. The van der Waals surface area contributed by atoms with Gasteiger partial charge in [-0.2, -0.15) is 0 Å². The Morgan fingerprint density at radius 1 is 0.786 bits per heavy atom. The van der Waals surface area contributed by atoms with Crippen LogP contribution < -0.4 is 0 Å². The molecule has 28 heavy (non-hydrogen) atoms. The van der Waals surface area contributed by atoms with Gasteiger partial charge in [0.15, 0.2) is 11.6 Å². The summed E-state index contributed by atoms with van der Waals surface area (Å²) in [4.78, 5) is 0. The second-order valence-electron chi connectivity index (χ2n) is 9.30. The SMILES string of the molecule is CCc1ccc2cc(C3CCC(C4CCC(CC)CC4)CC3)c(F)c(F)c2c1. The van der Waals surface area contributed by atoms with Gasteiger partial charge in [-0.3, -0.25) is 0 Å². The zero-order valence-corrected chi connectivity index (χ0v) is 17.4. The Labute approximate surface area is 168 Å². The van der Waals surface area contributed by atoms with E-state index >= 15 is 0 Å². The molecule has 0 radical (unpaired) electrons. The molecule has 2 aliphatic carbocycles. The van der Waals surface area contributed by atoms with Gasteiger partial charge in [-0.25, -0.2) is 8.78 Å². The molecule has 0 nitrogen and oxygen atoms in total. The number of benzene rings is 2. The topological polar surface area (TPSA) is 0 Å². The van der Waals surface area contributed by atoms with Gasteiger partial charge in [0.2, 0.25) is 0 Å². The summed E-state index contributed by atoms with van der Waals surface area (Å²) in [6, 6.07) is 7.72. The molecule has 2 heteroatoms. The molecule has 2 fully saturated rings. The fourth-order valence-corrected chi connectivity index (χ4v) is 5.88. The van der Waals surface area contributed by atoms with Gasteiger partial charge >= 0.3 is 0 Å². The molecule has 0 saturated heterocycles. The van der Waals surface area contributed by atoms with Crippen LogP contribution in [-0.2, 0) is 6.42 Å².